The fraction of sp³-hybridized carbons (Fsp3) is 0.722. The average molecular weight is 417 g/mol. The van der Waals surface area contributed by atoms with Gasteiger partial charge in [-0.1, -0.05) is 0 Å². The summed E-state index contributed by atoms with van der Waals surface area (Å²) < 4.78 is 33.6. The minimum absolute atomic E-state index is 0.285. The molecule has 3 aliphatic rings. The predicted octanol–water partition coefficient (Wildman–Crippen LogP) is 1.92. The second-order valence-corrected chi connectivity index (χ2v) is 7.68. The molecule has 3 fully saturated rings. The Morgan fingerprint density at radius 1 is 1.14 bits per heavy atom. The maximum atomic E-state index is 12.7. The number of halogens is 3. The summed E-state index contributed by atoms with van der Waals surface area (Å²) in [7, 11) is 1.96. The fourth-order valence-corrected chi connectivity index (χ4v) is 4.39. The molecule has 0 radical (unpaired) electrons. The Morgan fingerprint density at radius 3 is 2.31 bits per heavy atom. The highest BCUT2D eigenvalue weighted by atomic mass is 19.4. The van der Waals surface area contributed by atoms with Crippen molar-refractivity contribution >= 4 is 12.0 Å². The van der Waals surface area contributed by atoms with Crippen LogP contribution in [-0.2, 0) is 18.4 Å². The third-order valence-corrected chi connectivity index (χ3v) is 5.70. The Morgan fingerprint density at radius 2 is 1.76 bits per heavy atom. The number of rotatable bonds is 2. The van der Waals surface area contributed by atoms with Crippen molar-refractivity contribution in [2.45, 2.75) is 50.5 Å². The molecular weight excluding hydrogens is 391 g/mol. The van der Waals surface area contributed by atoms with Crippen molar-refractivity contribution in [2.75, 3.05) is 26.2 Å². The molecular formula is C18H26F3N5O3. The SMILES string of the molecule is Cn1cc(CN2CC[C@@H]3[C@@H]2CCN3C(=O)N2CCCC2)cn1.O=C(O)C(F)(F)F. The number of alkyl halides is 3. The van der Waals surface area contributed by atoms with E-state index in [0.29, 0.717) is 12.1 Å². The molecule has 0 bridgehead atoms. The average Bonchev–Trinajstić information content (AvgIpc) is 3.40. The number of carboxylic acid groups (broad SMARTS) is 1. The van der Waals surface area contributed by atoms with Gasteiger partial charge in [0, 0.05) is 57.6 Å². The number of fused-ring (bicyclic) bond motifs is 1. The van der Waals surface area contributed by atoms with Gasteiger partial charge in [-0.3, -0.25) is 9.58 Å². The molecule has 8 nitrogen and oxygen atoms in total. The molecule has 2 atom stereocenters. The first-order chi connectivity index (χ1) is 13.7. The summed E-state index contributed by atoms with van der Waals surface area (Å²) in [4.78, 5) is 28.3. The number of amides is 2. The summed E-state index contributed by atoms with van der Waals surface area (Å²) >= 11 is 0. The Balaban J connectivity index is 0.000000298. The first-order valence-corrected chi connectivity index (χ1v) is 9.74. The van der Waals surface area contributed by atoms with Crippen LogP contribution >= 0.6 is 0 Å². The molecule has 3 saturated heterocycles. The van der Waals surface area contributed by atoms with Crippen LogP contribution in [0.1, 0.15) is 31.2 Å². The van der Waals surface area contributed by atoms with Crippen LogP contribution in [0.2, 0.25) is 0 Å². The van der Waals surface area contributed by atoms with Crippen molar-refractivity contribution in [1.29, 1.82) is 0 Å². The van der Waals surface area contributed by atoms with E-state index in [-0.39, 0.29) is 6.03 Å². The molecule has 1 aromatic rings. The summed E-state index contributed by atoms with van der Waals surface area (Å²) in [6.07, 6.45) is 3.53. The first-order valence-electron chi connectivity index (χ1n) is 9.74. The number of carboxylic acids is 1. The number of carbonyl (C=O) groups excluding carboxylic acids is 1. The zero-order chi connectivity index (χ0) is 21.2. The van der Waals surface area contributed by atoms with E-state index in [2.05, 4.69) is 21.1 Å². The largest absolute Gasteiger partial charge is 0.490 e. The third-order valence-electron chi connectivity index (χ3n) is 5.70. The predicted molar refractivity (Wildman–Crippen MR) is 97.0 cm³/mol. The van der Waals surface area contributed by atoms with E-state index in [1.807, 2.05) is 22.8 Å². The van der Waals surface area contributed by atoms with Crippen molar-refractivity contribution in [3.05, 3.63) is 18.0 Å². The van der Waals surface area contributed by atoms with Gasteiger partial charge < -0.3 is 14.9 Å². The van der Waals surface area contributed by atoms with Crippen molar-refractivity contribution in [2.24, 2.45) is 7.05 Å². The summed E-state index contributed by atoms with van der Waals surface area (Å²) in [5.41, 5.74) is 1.27. The van der Waals surface area contributed by atoms with E-state index in [9.17, 15) is 18.0 Å². The van der Waals surface area contributed by atoms with Gasteiger partial charge >= 0.3 is 18.2 Å². The van der Waals surface area contributed by atoms with E-state index in [0.717, 1.165) is 45.6 Å². The van der Waals surface area contributed by atoms with Crippen LogP contribution in [-0.4, -0.2) is 86.0 Å². The highest BCUT2D eigenvalue weighted by Gasteiger charge is 2.45. The molecule has 4 rings (SSSR count). The lowest BCUT2D eigenvalue weighted by atomic mass is 10.1. The quantitative estimate of drug-likeness (QED) is 0.795. The molecule has 29 heavy (non-hydrogen) atoms. The molecule has 1 aromatic heterocycles. The van der Waals surface area contributed by atoms with E-state index < -0.39 is 12.1 Å². The number of urea groups is 1. The lowest BCUT2D eigenvalue weighted by Gasteiger charge is -2.29. The van der Waals surface area contributed by atoms with Crippen molar-refractivity contribution in [3.63, 3.8) is 0 Å². The molecule has 1 N–H and O–H groups in total. The first kappa shape index (κ1) is 21.4. The maximum Gasteiger partial charge on any atom is 0.490 e. The Hall–Kier alpha value is -2.30. The molecule has 2 amide bonds. The number of likely N-dealkylation sites (tertiary alicyclic amines) is 3. The van der Waals surface area contributed by atoms with Crippen LogP contribution in [0, 0.1) is 0 Å². The van der Waals surface area contributed by atoms with Crippen LogP contribution < -0.4 is 0 Å². The minimum atomic E-state index is -5.08. The smallest absolute Gasteiger partial charge is 0.475 e. The Labute approximate surface area is 166 Å². The lowest BCUT2D eigenvalue weighted by Crippen LogP contribution is -2.45. The normalized spacial score (nSPS) is 24.4. The fourth-order valence-electron chi connectivity index (χ4n) is 4.39. The third kappa shape index (κ3) is 5.01. The highest BCUT2D eigenvalue weighted by Crippen LogP contribution is 2.33. The van der Waals surface area contributed by atoms with Gasteiger partial charge in [0.15, 0.2) is 0 Å². The van der Waals surface area contributed by atoms with Crippen LogP contribution in [0.4, 0.5) is 18.0 Å². The van der Waals surface area contributed by atoms with Crippen molar-refractivity contribution in [1.82, 2.24) is 24.5 Å². The van der Waals surface area contributed by atoms with Gasteiger partial charge in [0.05, 0.1) is 12.2 Å². The molecule has 0 saturated carbocycles. The highest BCUT2D eigenvalue weighted by molar-refractivity contribution is 5.75. The van der Waals surface area contributed by atoms with Crippen molar-refractivity contribution in [3.8, 4) is 0 Å². The summed E-state index contributed by atoms with van der Waals surface area (Å²) in [6, 6.07) is 1.24. The molecule has 0 unspecified atom stereocenters. The number of aryl methyl sites for hydroxylation is 1. The van der Waals surface area contributed by atoms with Gasteiger partial charge in [-0.15, -0.1) is 0 Å². The van der Waals surface area contributed by atoms with Gasteiger partial charge in [0.1, 0.15) is 0 Å². The molecule has 11 heteroatoms. The topological polar surface area (TPSA) is 81.9 Å². The summed E-state index contributed by atoms with van der Waals surface area (Å²) in [5, 5.41) is 11.4. The monoisotopic (exact) mass is 417 g/mol. The number of aliphatic carboxylic acids is 1. The van der Waals surface area contributed by atoms with Crippen LogP contribution in [0.25, 0.3) is 0 Å². The molecule has 0 aliphatic carbocycles. The van der Waals surface area contributed by atoms with Gasteiger partial charge in [0.25, 0.3) is 0 Å². The second kappa shape index (κ2) is 8.60. The lowest BCUT2D eigenvalue weighted by molar-refractivity contribution is -0.192. The molecule has 3 aliphatic heterocycles. The van der Waals surface area contributed by atoms with Crippen LogP contribution in [0.3, 0.4) is 0 Å². The van der Waals surface area contributed by atoms with E-state index in [1.54, 1.807) is 0 Å². The zero-order valence-electron chi connectivity index (χ0n) is 16.3. The number of hydrogen-bond donors (Lipinski definition) is 1. The second-order valence-electron chi connectivity index (χ2n) is 7.68. The van der Waals surface area contributed by atoms with E-state index in [1.165, 1.54) is 18.4 Å². The number of nitrogens with zero attached hydrogens (tertiary/aromatic N) is 5. The Bertz CT molecular complexity index is 733. The van der Waals surface area contributed by atoms with Gasteiger partial charge in [-0.05, 0) is 25.7 Å². The van der Waals surface area contributed by atoms with Crippen molar-refractivity contribution < 1.29 is 27.9 Å². The van der Waals surface area contributed by atoms with E-state index >= 15 is 0 Å². The number of carbonyl (C=O) groups is 2. The standard InChI is InChI=1S/C16H25N5O.C2HF3O2/c1-18-11-13(10-17-18)12-20-8-4-15-14(20)5-9-21(15)16(22)19-6-2-3-7-19;3-2(4,5)1(6)7/h10-11,14-15H,2-9,12H2,1H3;(H,6,7)/t14-,15+;/m0./s1. The summed E-state index contributed by atoms with van der Waals surface area (Å²) in [6.45, 7) is 4.88. The molecule has 0 aromatic carbocycles. The van der Waals surface area contributed by atoms with Gasteiger partial charge in [0.2, 0.25) is 0 Å². The minimum Gasteiger partial charge on any atom is -0.475 e. The van der Waals surface area contributed by atoms with Gasteiger partial charge in [-0.25, -0.2) is 9.59 Å². The van der Waals surface area contributed by atoms with Crippen LogP contribution in [0.5, 0.6) is 0 Å². The molecule has 4 heterocycles. The Kier molecular flexibility index (Phi) is 6.35. The maximum absolute atomic E-state index is 12.7. The molecule has 0 spiro atoms. The number of aromatic nitrogens is 2. The van der Waals surface area contributed by atoms with Crippen LogP contribution in [0.15, 0.2) is 12.4 Å². The molecule has 162 valence electrons. The number of hydrogen-bond acceptors (Lipinski definition) is 4. The van der Waals surface area contributed by atoms with E-state index in [4.69, 9.17) is 9.90 Å². The summed E-state index contributed by atoms with van der Waals surface area (Å²) in [5.74, 6) is -2.76. The zero-order valence-corrected chi connectivity index (χ0v) is 16.3. The van der Waals surface area contributed by atoms with Gasteiger partial charge in [-0.2, -0.15) is 18.3 Å².